The molecule has 1 saturated heterocycles. The van der Waals surface area contributed by atoms with E-state index in [0.29, 0.717) is 25.1 Å². The molecule has 2 heterocycles. The van der Waals surface area contributed by atoms with Crippen molar-refractivity contribution in [3.8, 4) is 0 Å². The number of piperidine rings is 1. The summed E-state index contributed by atoms with van der Waals surface area (Å²) in [6.07, 6.45) is 3.58. The van der Waals surface area contributed by atoms with Crippen molar-refractivity contribution < 1.29 is 14.3 Å². The lowest BCUT2D eigenvalue weighted by Crippen LogP contribution is -2.45. The molecule has 28 heavy (non-hydrogen) atoms. The van der Waals surface area contributed by atoms with Gasteiger partial charge in [0.1, 0.15) is 5.82 Å². The van der Waals surface area contributed by atoms with Crippen molar-refractivity contribution in [2.75, 3.05) is 13.1 Å². The number of aromatic nitrogens is 2. The number of carbonyl (C=O) groups excluding carboxylic acids is 1. The Labute approximate surface area is 163 Å². The van der Waals surface area contributed by atoms with Crippen LogP contribution in [0.5, 0.6) is 0 Å². The van der Waals surface area contributed by atoms with Crippen LogP contribution < -0.4 is 0 Å². The Bertz CT molecular complexity index is 941. The van der Waals surface area contributed by atoms with Gasteiger partial charge in [-0.05, 0) is 47.9 Å². The number of aliphatic hydroxyl groups excluding tert-OH is 1. The largest absolute Gasteiger partial charge is 0.391 e. The molecule has 1 amide bonds. The first kappa shape index (κ1) is 18.4. The van der Waals surface area contributed by atoms with Crippen LogP contribution in [0.1, 0.15) is 33.8 Å². The number of likely N-dealkylation sites (tertiary alicyclic amines) is 1. The molecule has 1 aliphatic heterocycles. The number of hydrogen-bond acceptors (Lipinski definition) is 3. The van der Waals surface area contributed by atoms with Gasteiger partial charge < -0.3 is 10.0 Å². The molecule has 4 rings (SSSR count). The summed E-state index contributed by atoms with van der Waals surface area (Å²) in [6, 6.07) is 15.6. The van der Waals surface area contributed by atoms with E-state index >= 15 is 0 Å². The van der Waals surface area contributed by atoms with Gasteiger partial charge in [-0.15, -0.1) is 0 Å². The fraction of sp³-hybridized carbons (Fsp3) is 0.273. The van der Waals surface area contributed by atoms with Gasteiger partial charge >= 0.3 is 0 Å². The molecular formula is C22H22FN3O2. The van der Waals surface area contributed by atoms with Crippen molar-refractivity contribution in [2.45, 2.75) is 25.0 Å². The number of nitrogens with zero attached hydrogens (tertiary/aromatic N) is 3. The van der Waals surface area contributed by atoms with Crippen LogP contribution in [0.2, 0.25) is 0 Å². The predicted molar refractivity (Wildman–Crippen MR) is 103 cm³/mol. The summed E-state index contributed by atoms with van der Waals surface area (Å²) in [5.74, 6) is -0.462. The maximum absolute atomic E-state index is 13.1. The molecule has 2 aromatic carbocycles. The normalized spacial score (nSPS) is 19.6. The zero-order chi connectivity index (χ0) is 19.5. The molecule has 5 nitrogen and oxygen atoms in total. The average molecular weight is 379 g/mol. The van der Waals surface area contributed by atoms with E-state index in [4.69, 9.17) is 0 Å². The summed E-state index contributed by atoms with van der Waals surface area (Å²) < 4.78 is 14.9. The molecule has 1 aliphatic rings. The summed E-state index contributed by atoms with van der Waals surface area (Å²) in [5.41, 5.74) is 2.51. The zero-order valence-corrected chi connectivity index (χ0v) is 15.4. The van der Waals surface area contributed by atoms with Crippen LogP contribution in [0.4, 0.5) is 4.39 Å². The van der Waals surface area contributed by atoms with E-state index in [2.05, 4.69) is 5.10 Å². The molecule has 0 radical (unpaired) electrons. The quantitative estimate of drug-likeness (QED) is 0.758. The van der Waals surface area contributed by atoms with Crippen molar-refractivity contribution in [3.63, 3.8) is 0 Å². The fourth-order valence-electron chi connectivity index (χ4n) is 3.78. The Morgan fingerprint density at radius 3 is 2.71 bits per heavy atom. The third-order valence-electron chi connectivity index (χ3n) is 5.24. The number of amides is 1. The van der Waals surface area contributed by atoms with Crippen molar-refractivity contribution in [1.82, 2.24) is 14.7 Å². The number of β-amino-alcohol motifs (C(OH)–C–C–N with tert-alkyl or cyclic N) is 1. The molecular weight excluding hydrogens is 357 g/mol. The molecule has 0 aliphatic carbocycles. The van der Waals surface area contributed by atoms with Gasteiger partial charge in [0, 0.05) is 37.0 Å². The monoisotopic (exact) mass is 379 g/mol. The second-order valence-corrected chi connectivity index (χ2v) is 7.17. The molecule has 144 valence electrons. The molecule has 6 heteroatoms. The highest BCUT2D eigenvalue weighted by molar-refractivity contribution is 5.94. The summed E-state index contributed by atoms with van der Waals surface area (Å²) in [5, 5.41) is 14.8. The lowest BCUT2D eigenvalue weighted by molar-refractivity contribution is 0.0382. The summed E-state index contributed by atoms with van der Waals surface area (Å²) >= 11 is 0. The van der Waals surface area contributed by atoms with Crippen LogP contribution in [0.3, 0.4) is 0 Å². The maximum atomic E-state index is 13.1. The van der Waals surface area contributed by atoms with Crippen LogP contribution in [-0.2, 0) is 6.54 Å². The Morgan fingerprint density at radius 1 is 1.18 bits per heavy atom. The maximum Gasteiger partial charge on any atom is 0.253 e. The minimum absolute atomic E-state index is 0.0843. The number of rotatable bonds is 4. The van der Waals surface area contributed by atoms with Crippen LogP contribution in [-0.4, -0.2) is 44.9 Å². The average Bonchev–Trinajstić information content (AvgIpc) is 3.21. The summed E-state index contributed by atoms with van der Waals surface area (Å²) in [6.45, 7) is 1.43. The SMILES string of the molecule is O=C(c1cccc(Cn2cccn2)c1)N1CC[C@@H](c2ccc(F)cc2)[C@H](O)C1. The molecule has 1 N–H and O–H groups in total. The minimum atomic E-state index is -0.671. The van der Waals surface area contributed by atoms with Gasteiger partial charge in [-0.1, -0.05) is 24.3 Å². The molecule has 0 bridgehead atoms. The first-order valence-corrected chi connectivity index (χ1v) is 9.39. The molecule has 3 aromatic rings. The Kier molecular flexibility index (Phi) is 5.21. The van der Waals surface area contributed by atoms with Crippen LogP contribution in [0.25, 0.3) is 0 Å². The minimum Gasteiger partial charge on any atom is -0.391 e. The molecule has 2 atom stereocenters. The third kappa shape index (κ3) is 3.97. The van der Waals surface area contributed by atoms with Crippen molar-refractivity contribution in [2.24, 2.45) is 0 Å². The second-order valence-electron chi connectivity index (χ2n) is 7.17. The Hall–Kier alpha value is -2.99. The van der Waals surface area contributed by atoms with Crippen LogP contribution in [0.15, 0.2) is 67.0 Å². The first-order valence-electron chi connectivity index (χ1n) is 9.39. The van der Waals surface area contributed by atoms with Crippen molar-refractivity contribution in [1.29, 1.82) is 0 Å². The molecule has 0 saturated carbocycles. The van der Waals surface area contributed by atoms with E-state index < -0.39 is 6.10 Å². The van der Waals surface area contributed by atoms with Gasteiger partial charge in [0.05, 0.1) is 12.6 Å². The summed E-state index contributed by atoms with van der Waals surface area (Å²) in [7, 11) is 0. The van der Waals surface area contributed by atoms with E-state index in [1.807, 2.05) is 35.1 Å². The highest BCUT2D eigenvalue weighted by Gasteiger charge is 2.31. The highest BCUT2D eigenvalue weighted by atomic mass is 19.1. The van der Waals surface area contributed by atoms with Gasteiger partial charge in [0.15, 0.2) is 0 Å². The summed E-state index contributed by atoms with van der Waals surface area (Å²) in [4.78, 5) is 14.6. The molecule has 1 fully saturated rings. The van der Waals surface area contributed by atoms with Gasteiger partial charge in [0.2, 0.25) is 0 Å². The van der Waals surface area contributed by atoms with Crippen molar-refractivity contribution in [3.05, 3.63) is 89.5 Å². The van der Waals surface area contributed by atoms with Crippen LogP contribution in [0, 0.1) is 5.82 Å². The number of benzene rings is 2. The second kappa shape index (κ2) is 7.94. The molecule has 0 unspecified atom stereocenters. The number of aliphatic hydroxyl groups is 1. The lowest BCUT2D eigenvalue weighted by atomic mass is 9.87. The van der Waals surface area contributed by atoms with Crippen LogP contribution >= 0.6 is 0 Å². The Balaban J connectivity index is 1.44. The lowest BCUT2D eigenvalue weighted by Gasteiger charge is -2.36. The standard InChI is InChI=1S/C22H22FN3O2/c23-19-7-5-17(6-8-19)20-9-12-25(15-21(20)27)22(28)18-4-1-3-16(13-18)14-26-11-2-10-24-26/h1-8,10-11,13,20-21,27H,9,12,14-15H2/t20-,21+/m0/s1. The van der Waals surface area contributed by atoms with Gasteiger partial charge in [-0.3, -0.25) is 9.48 Å². The van der Waals surface area contributed by atoms with E-state index in [1.165, 1.54) is 12.1 Å². The van der Waals surface area contributed by atoms with E-state index in [-0.39, 0.29) is 24.2 Å². The zero-order valence-electron chi connectivity index (χ0n) is 15.4. The van der Waals surface area contributed by atoms with Gasteiger partial charge in [0.25, 0.3) is 5.91 Å². The number of hydrogen-bond donors (Lipinski definition) is 1. The smallest absolute Gasteiger partial charge is 0.253 e. The first-order chi connectivity index (χ1) is 13.6. The van der Waals surface area contributed by atoms with E-state index in [0.717, 1.165) is 11.1 Å². The van der Waals surface area contributed by atoms with Gasteiger partial charge in [-0.25, -0.2) is 4.39 Å². The van der Waals surface area contributed by atoms with E-state index in [1.54, 1.807) is 29.3 Å². The van der Waals surface area contributed by atoms with E-state index in [9.17, 15) is 14.3 Å². The van der Waals surface area contributed by atoms with Gasteiger partial charge in [-0.2, -0.15) is 5.10 Å². The van der Waals surface area contributed by atoms with Crippen molar-refractivity contribution >= 4 is 5.91 Å². The molecule has 0 spiro atoms. The molecule has 1 aromatic heterocycles. The highest BCUT2D eigenvalue weighted by Crippen LogP contribution is 2.29. The topological polar surface area (TPSA) is 58.4 Å². The fourth-order valence-corrected chi connectivity index (χ4v) is 3.78. The number of carbonyl (C=O) groups is 1. The Morgan fingerprint density at radius 2 is 2.00 bits per heavy atom. The number of halogens is 1. The third-order valence-corrected chi connectivity index (χ3v) is 5.24. The predicted octanol–water partition coefficient (Wildman–Crippen LogP) is 3.06.